The molecule has 2 N–H and O–H groups in total. The average molecular weight is 380 g/mol. The smallest absolute Gasteiger partial charge is 0.240 e. The van der Waals surface area contributed by atoms with Gasteiger partial charge in [0.05, 0.1) is 16.8 Å². The van der Waals surface area contributed by atoms with Crippen molar-refractivity contribution in [2.24, 2.45) is 0 Å². The van der Waals surface area contributed by atoms with Gasteiger partial charge < -0.3 is 10.1 Å². The summed E-state index contributed by atoms with van der Waals surface area (Å²) in [5.41, 5.74) is 0.304. The summed E-state index contributed by atoms with van der Waals surface area (Å²) < 4.78 is 45.6. The number of nitrogens with one attached hydrogen (secondary N) is 2. The lowest BCUT2D eigenvalue weighted by molar-refractivity contribution is 0.143. The topological polar surface area (TPSA) is 93.2 Å². The van der Waals surface area contributed by atoms with Gasteiger partial charge in [-0.25, -0.2) is 22.5 Å². The Morgan fingerprint density at radius 1 is 1.19 bits per heavy atom. The molecule has 0 bridgehead atoms. The van der Waals surface area contributed by atoms with Gasteiger partial charge >= 0.3 is 0 Å². The predicted octanol–water partition coefficient (Wildman–Crippen LogP) is 2.33. The summed E-state index contributed by atoms with van der Waals surface area (Å²) in [6, 6.07) is 3.98. The Morgan fingerprint density at radius 2 is 1.96 bits per heavy atom. The van der Waals surface area contributed by atoms with Gasteiger partial charge in [0.15, 0.2) is 0 Å². The van der Waals surface area contributed by atoms with Gasteiger partial charge in [0.25, 0.3) is 0 Å². The van der Waals surface area contributed by atoms with Crippen LogP contribution < -0.4 is 14.8 Å². The molecule has 26 heavy (non-hydrogen) atoms. The van der Waals surface area contributed by atoms with Crippen LogP contribution in [-0.2, 0) is 10.0 Å². The van der Waals surface area contributed by atoms with Crippen molar-refractivity contribution in [3.8, 4) is 5.88 Å². The lowest BCUT2D eigenvalue weighted by atomic mass is 9.92. The fourth-order valence-electron chi connectivity index (χ4n) is 2.96. The highest BCUT2D eigenvalue weighted by atomic mass is 32.2. The molecule has 0 amide bonds. The van der Waals surface area contributed by atoms with Crippen LogP contribution >= 0.6 is 0 Å². The molecule has 1 saturated carbocycles. The first-order valence-corrected chi connectivity index (χ1v) is 9.88. The minimum absolute atomic E-state index is 0.0674. The SMILES string of the molecule is CNS(=O)(=O)c1ccc(NC2CCC(Oc3cnccn3)CC2)c(F)c1. The predicted molar refractivity (Wildman–Crippen MR) is 95.0 cm³/mol. The second-order valence-electron chi connectivity index (χ2n) is 6.13. The molecular formula is C17H21FN4O3S. The number of anilines is 1. The van der Waals surface area contributed by atoms with Gasteiger partial charge in [-0.2, -0.15) is 0 Å². The van der Waals surface area contributed by atoms with Gasteiger partial charge in [-0.05, 0) is 50.9 Å². The zero-order chi connectivity index (χ0) is 18.6. The van der Waals surface area contributed by atoms with Gasteiger partial charge in [-0.15, -0.1) is 0 Å². The third-order valence-electron chi connectivity index (χ3n) is 4.38. The van der Waals surface area contributed by atoms with Crippen LogP contribution in [-0.4, -0.2) is 37.6 Å². The summed E-state index contributed by atoms with van der Waals surface area (Å²) in [7, 11) is -2.36. The Bertz CT molecular complexity index is 840. The van der Waals surface area contributed by atoms with Gasteiger partial charge in [0, 0.05) is 18.4 Å². The second kappa shape index (κ2) is 7.96. The molecule has 140 valence electrons. The van der Waals surface area contributed by atoms with Gasteiger partial charge in [0.1, 0.15) is 11.9 Å². The number of benzene rings is 1. The lowest BCUT2D eigenvalue weighted by Crippen LogP contribution is -2.31. The van der Waals surface area contributed by atoms with Gasteiger partial charge in [-0.3, -0.25) is 4.98 Å². The van der Waals surface area contributed by atoms with Crippen LogP contribution in [0.2, 0.25) is 0 Å². The van der Waals surface area contributed by atoms with E-state index in [0.717, 1.165) is 31.7 Å². The first-order chi connectivity index (χ1) is 12.5. The number of ether oxygens (including phenoxy) is 1. The zero-order valence-corrected chi connectivity index (χ0v) is 15.2. The highest BCUT2D eigenvalue weighted by Crippen LogP contribution is 2.27. The molecule has 0 atom stereocenters. The number of rotatable bonds is 6. The van der Waals surface area contributed by atoms with E-state index in [4.69, 9.17) is 4.74 Å². The minimum atomic E-state index is -3.65. The van der Waals surface area contributed by atoms with E-state index in [9.17, 15) is 12.8 Å². The van der Waals surface area contributed by atoms with E-state index in [0.29, 0.717) is 11.6 Å². The third-order valence-corrected chi connectivity index (χ3v) is 5.79. The molecule has 0 unspecified atom stereocenters. The molecule has 1 fully saturated rings. The van der Waals surface area contributed by atoms with Crippen LogP contribution in [0.1, 0.15) is 25.7 Å². The fourth-order valence-corrected chi connectivity index (χ4v) is 3.70. The van der Waals surface area contributed by atoms with E-state index in [2.05, 4.69) is 20.0 Å². The fraction of sp³-hybridized carbons (Fsp3) is 0.412. The summed E-state index contributed by atoms with van der Waals surface area (Å²) in [5, 5.41) is 3.16. The van der Waals surface area contributed by atoms with E-state index in [1.165, 1.54) is 19.2 Å². The summed E-state index contributed by atoms with van der Waals surface area (Å²) in [6.07, 6.45) is 8.11. The van der Waals surface area contributed by atoms with Crippen molar-refractivity contribution < 1.29 is 17.5 Å². The Labute approximate surface area is 152 Å². The molecule has 1 aromatic heterocycles. The number of sulfonamides is 1. The standard InChI is InChI=1S/C17H21FN4O3S/c1-19-26(23,24)14-6-7-16(15(18)10-14)22-12-2-4-13(5-3-12)25-17-11-20-8-9-21-17/h6-13,19,22H,2-5H2,1H3. The molecule has 1 heterocycles. The minimum Gasteiger partial charge on any atom is -0.473 e. The number of nitrogens with zero attached hydrogens (tertiary/aromatic N) is 2. The molecule has 0 radical (unpaired) electrons. The molecule has 1 aliphatic rings. The molecule has 0 spiro atoms. The van der Waals surface area contributed by atoms with Crippen LogP contribution in [0.15, 0.2) is 41.7 Å². The van der Waals surface area contributed by atoms with E-state index in [1.807, 2.05) is 0 Å². The number of halogens is 1. The Kier molecular flexibility index (Phi) is 5.67. The third kappa shape index (κ3) is 4.47. The molecule has 0 saturated heterocycles. The van der Waals surface area contributed by atoms with Crippen LogP contribution in [0.3, 0.4) is 0 Å². The van der Waals surface area contributed by atoms with Crippen molar-refractivity contribution in [3.63, 3.8) is 0 Å². The molecule has 3 rings (SSSR count). The molecule has 0 aliphatic heterocycles. The van der Waals surface area contributed by atoms with Crippen molar-refractivity contribution in [2.45, 2.75) is 42.7 Å². The summed E-state index contributed by atoms with van der Waals surface area (Å²) >= 11 is 0. The average Bonchev–Trinajstić information content (AvgIpc) is 2.65. The zero-order valence-electron chi connectivity index (χ0n) is 14.4. The van der Waals surface area contributed by atoms with Gasteiger partial charge in [-0.1, -0.05) is 0 Å². The Balaban J connectivity index is 1.56. The first-order valence-electron chi connectivity index (χ1n) is 8.40. The van der Waals surface area contributed by atoms with Crippen molar-refractivity contribution in [1.29, 1.82) is 0 Å². The van der Waals surface area contributed by atoms with Crippen LogP contribution in [0, 0.1) is 5.82 Å². The second-order valence-corrected chi connectivity index (χ2v) is 8.02. The van der Waals surface area contributed by atoms with Crippen LogP contribution in [0.25, 0.3) is 0 Å². The highest BCUT2D eigenvalue weighted by Gasteiger charge is 2.24. The maximum Gasteiger partial charge on any atom is 0.240 e. The molecule has 9 heteroatoms. The Morgan fingerprint density at radius 3 is 2.58 bits per heavy atom. The summed E-state index contributed by atoms with van der Waals surface area (Å²) in [5.74, 6) is -0.0736. The van der Waals surface area contributed by atoms with E-state index in [1.54, 1.807) is 18.6 Å². The normalized spacial score (nSPS) is 20.5. The van der Waals surface area contributed by atoms with Crippen LogP contribution in [0.4, 0.5) is 10.1 Å². The largest absolute Gasteiger partial charge is 0.473 e. The molecular weight excluding hydrogens is 359 g/mol. The van der Waals surface area contributed by atoms with E-state index >= 15 is 0 Å². The first kappa shape index (κ1) is 18.5. The van der Waals surface area contributed by atoms with E-state index < -0.39 is 15.8 Å². The quantitative estimate of drug-likeness (QED) is 0.799. The summed E-state index contributed by atoms with van der Waals surface area (Å²) in [4.78, 5) is 7.98. The van der Waals surface area contributed by atoms with E-state index in [-0.39, 0.29) is 17.0 Å². The maximum absolute atomic E-state index is 14.2. The molecule has 1 aliphatic carbocycles. The molecule has 7 nitrogen and oxygen atoms in total. The van der Waals surface area contributed by atoms with Crippen molar-refractivity contribution in [1.82, 2.24) is 14.7 Å². The maximum atomic E-state index is 14.2. The van der Waals surface area contributed by atoms with Crippen LogP contribution in [0.5, 0.6) is 5.88 Å². The number of hydrogen-bond acceptors (Lipinski definition) is 6. The summed E-state index contributed by atoms with van der Waals surface area (Å²) in [6.45, 7) is 0. The lowest BCUT2D eigenvalue weighted by Gasteiger charge is -2.29. The monoisotopic (exact) mass is 380 g/mol. The number of hydrogen-bond donors (Lipinski definition) is 2. The highest BCUT2D eigenvalue weighted by molar-refractivity contribution is 7.89. The molecule has 1 aromatic carbocycles. The molecule has 2 aromatic rings. The van der Waals surface area contributed by atoms with Crippen molar-refractivity contribution in [2.75, 3.05) is 12.4 Å². The Hall–Kier alpha value is -2.26. The number of aromatic nitrogens is 2. The van der Waals surface area contributed by atoms with Crippen molar-refractivity contribution >= 4 is 15.7 Å². The van der Waals surface area contributed by atoms with Gasteiger partial charge in [0.2, 0.25) is 15.9 Å². The van der Waals surface area contributed by atoms with Crippen molar-refractivity contribution in [3.05, 3.63) is 42.6 Å².